The summed E-state index contributed by atoms with van der Waals surface area (Å²) in [5, 5.41) is 95.8. The van der Waals surface area contributed by atoms with Crippen LogP contribution in [0, 0.1) is 0 Å². The second-order valence-electron chi connectivity index (χ2n) is 10.1. The molecule has 0 aliphatic rings. The van der Waals surface area contributed by atoms with Gasteiger partial charge in [-0.2, -0.15) is 0 Å². The molecule has 0 bridgehead atoms. The van der Waals surface area contributed by atoms with E-state index in [1.54, 1.807) is 69.2 Å². The molecule has 0 aromatic heterocycles. The number of hydrogen-bond donors (Lipinski definition) is 5. The molecule has 0 amide bonds. The Kier molecular flexibility index (Phi) is 32.6. The SMILES string of the molecule is CCC(O)(CC)C(=O)[O-].CCC(O)(CC)C(=O)[O-].CCC(O)(CC)C(=O)[O-].CCC(O)(CC)C(=O)[O-].CCC(O)(CC)C(=O)[O-].[Cr+5]. The molecule has 0 saturated heterocycles. The number of aliphatic hydroxyl groups is 5. The summed E-state index contributed by atoms with van der Waals surface area (Å²) >= 11 is 0. The van der Waals surface area contributed by atoms with Gasteiger partial charge in [0.25, 0.3) is 0 Å². The van der Waals surface area contributed by atoms with Crippen molar-refractivity contribution in [3.63, 3.8) is 0 Å². The predicted molar refractivity (Wildman–Crippen MR) is 153 cm³/mol. The predicted octanol–water partition coefficient (Wildman–Crippen LogP) is -3.57. The Bertz CT molecular complexity index is 694. The molecule has 0 aromatic carbocycles. The van der Waals surface area contributed by atoms with Crippen molar-refractivity contribution in [1.29, 1.82) is 0 Å². The fourth-order valence-corrected chi connectivity index (χ4v) is 2.69. The average Bonchev–Trinajstić information content (AvgIpc) is 3.03. The van der Waals surface area contributed by atoms with Gasteiger partial charge in [-0.1, -0.05) is 69.2 Å². The number of carboxylic acid groups (broad SMARTS) is 5. The molecule has 1 radical (unpaired) electrons. The van der Waals surface area contributed by atoms with Crippen LogP contribution in [0.5, 0.6) is 0 Å². The maximum atomic E-state index is 10.1. The van der Waals surface area contributed by atoms with Crippen LogP contribution in [0.3, 0.4) is 0 Å². The van der Waals surface area contributed by atoms with Crippen molar-refractivity contribution in [3.05, 3.63) is 0 Å². The summed E-state index contributed by atoms with van der Waals surface area (Å²) in [4.78, 5) is 50.6. The minimum Gasteiger partial charge on any atom is -0.547 e. The van der Waals surface area contributed by atoms with E-state index in [1.807, 2.05) is 0 Å². The third-order valence-corrected chi connectivity index (χ3v) is 7.75. The van der Waals surface area contributed by atoms with E-state index in [4.69, 9.17) is 25.5 Å². The van der Waals surface area contributed by atoms with Crippen LogP contribution >= 0.6 is 0 Å². The van der Waals surface area contributed by atoms with Gasteiger partial charge in [-0.05, 0) is 64.2 Å². The number of rotatable bonds is 15. The molecule has 46 heavy (non-hydrogen) atoms. The van der Waals surface area contributed by atoms with Gasteiger partial charge in [-0.15, -0.1) is 0 Å². The molecule has 0 aliphatic carbocycles. The molecule has 0 fully saturated rings. The van der Waals surface area contributed by atoms with Gasteiger partial charge in [0, 0.05) is 0 Å². The summed E-state index contributed by atoms with van der Waals surface area (Å²) in [7, 11) is 0. The zero-order chi connectivity index (χ0) is 37.5. The van der Waals surface area contributed by atoms with E-state index >= 15 is 0 Å². The zero-order valence-corrected chi connectivity index (χ0v) is 30.1. The molecule has 0 aliphatic heterocycles. The van der Waals surface area contributed by atoms with E-state index in [0.29, 0.717) is 0 Å². The topological polar surface area (TPSA) is 302 Å². The molecule has 5 N–H and O–H groups in total. The molecule has 0 rings (SSSR count). The van der Waals surface area contributed by atoms with Crippen molar-refractivity contribution in [2.24, 2.45) is 0 Å². The van der Waals surface area contributed by atoms with E-state index in [2.05, 4.69) is 0 Å². The van der Waals surface area contributed by atoms with Gasteiger partial charge in [0.1, 0.15) is 28.0 Å². The number of hydrogen-bond acceptors (Lipinski definition) is 15. The monoisotopic (exact) mass is 707 g/mol. The number of carboxylic acids is 5. The van der Waals surface area contributed by atoms with Crippen LogP contribution in [0.2, 0.25) is 0 Å². The standard InChI is InChI=1S/5C6H12O3.Cr/c5*1-3-6(9,4-2)5(7)8;/h5*9H,3-4H2,1-2H3,(H,7,8);/q;;;;;+5/p-5. The van der Waals surface area contributed by atoms with Gasteiger partial charge in [-0.25, -0.2) is 0 Å². The van der Waals surface area contributed by atoms with Gasteiger partial charge in [-0.3, -0.25) is 0 Å². The van der Waals surface area contributed by atoms with E-state index in [-0.39, 0.29) is 81.6 Å². The van der Waals surface area contributed by atoms with Crippen molar-refractivity contribution in [2.75, 3.05) is 0 Å². The fourth-order valence-electron chi connectivity index (χ4n) is 2.69. The first-order chi connectivity index (χ1) is 20.3. The largest absolute Gasteiger partial charge is 5.00 e. The van der Waals surface area contributed by atoms with Crippen molar-refractivity contribution < 1.29 is 92.4 Å². The van der Waals surface area contributed by atoms with E-state index in [1.165, 1.54) is 0 Å². The van der Waals surface area contributed by atoms with E-state index in [0.717, 1.165) is 0 Å². The third kappa shape index (κ3) is 20.7. The van der Waals surface area contributed by atoms with Gasteiger partial charge in [0.2, 0.25) is 0 Å². The number of carbonyl (C=O) groups is 5. The smallest absolute Gasteiger partial charge is 0.547 e. The molecular weight excluding hydrogens is 652 g/mol. The molecule has 0 spiro atoms. The van der Waals surface area contributed by atoms with Gasteiger partial charge < -0.3 is 75.0 Å². The minimum atomic E-state index is -1.61. The molecule has 0 aromatic rings. The second kappa shape index (κ2) is 26.7. The summed E-state index contributed by atoms with van der Waals surface area (Å²) in [6, 6.07) is 0. The van der Waals surface area contributed by atoms with Crippen LogP contribution < -0.4 is 25.5 Å². The van der Waals surface area contributed by atoms with E-state index in [9.17, 15) is 49.5 Å². The minimum absolute atomic E-state index is 0. The molecule has 271 valence electrons. The van der Waals surface area contributed by atoms with E-state index < -0.39 is 57.9 Å². The Balaban J connectivity index is -0.000000108. The normalized spacial score (nSPS) is 11.2. The maximum Gasteiger partial charge on any atom is 5.00 e. The molecule has 16 heteroatoms. The van der Waals surface area contributed by atoms with Crippen LogP contribution in [0.25, 0.3) is 0 Å². The molecule has 0 heterocycles. The quantitative estimate of drug-likeness (QED) is 0.110. The first kappa shape index (κ1) is 56.0. The van der Waals surface area contributed by atoms with Crippen LogP contribution in [0.15, 0.2) is 0 Å². The zero-order valence-electron chi connectivity index (χ0n) is 28.8. The summed E-state index contributed by atoms with van der Waals surface area (Å²) in [6.45, 7) is 16.1. The van der Waals surface area contributed by atoms with Gasteiger partial charge >= 0.3 is 17.4 Å². The van der Waals surface area contributed by atoms with Crippen molar-refractivity contribution >= 4 is 29.8 Å². The Morgan fingerprint density at radius 1 is 0.326 bits per heavy atom. The van der Waals surface area contributed by atoms with Crippen molar-refractivity contribution in [1.82, 2.24) is 0 Å². The first-order valence-corrected chi connectivity index (χ1v) is 15.0. The van der Waals surface area contributed by atoms with Crippen molar-refractivity contribution in [3.8, 4) is 0 Å². The second-order valence-corrected chi connectivity index (χ2v) is 10.1. The Hall–Kier alpha value is -2.32. The number of aliphatic carboxylic acids is 5. The average molecular weight is 708 g/mol. The first-order valence-electron chi connectivity index (χ1n) is 15.0. The summed E-state index contributed by atoms with van der Waals surface area (Å²) in [5.41, 5.74) is -8.06. The van der Waals surface area contributed by atoms with Crippen LogP contribution in [0.1, 0.15) is 133 Å². The Morgan fingerprint density at radius 3 is 0.391 bits per heavy atom. The molecule has 0 atom stereocenters. The summed E-state index contributed by atoms with van der Waals surface area (Å²) in [6.07, 6.45) is 2.00. The molecule has 0 unspecified atom stereocenters. The maximum absolute atomic E-state index is 10.1. The van der Waals surface area contributed by atoms with Gasteiger partial charge in [0.15, 0.2) is 0 Å². The molecular formula is C30H55CrO15. The number of carbonyl (C=O) groups excluding carboxylic acids is 5. The Morgan fingerprint density at radius 2 is 0.391 bits per heavy atom. The summed E-state index contributed by atoms with van der Waals surface area (Å²) < 4.78 is 0. The van der Waals surface area contributed by atoms with Crippen LogP contribution in [-0.4, -0.2) is 83.4 Å². The Labute approximate surface area is 283 Å². The molecule has 15 nitrogen and oxygen atoms in total. The van der Waals surface area contributed by atoms with Crippen LogP contribution in [-0.2, 0) is 41.3 Å². The van der Waals surface area contributed by atoms with Gasteiger partial charge in [0.05, 0.1) is 29.8 Å². The third-order valence-electron chi connectivity index (χ3n) is 7.75. The fraction of sp³-hybridized carbons (Fsp3) is 0.833. The van der Waals surface area contributed by atoms with Crippen LogP contribution in [0.4, 0.5) is 0 Å². The summed E-state index contributed by atoms with van der Waals surface area (Å²) in [5.74, 6) is -6.91. The van der Waals surface area contributed by atoms with Crippen molar-refractivity contribution in [2.45, 2.75) is 161 Å². The molecule has 0 saturated carbocycles.